The van der Waals surface area contributed by atoms with Gasteiger partial charge in [-0.2, -0.15) is 0 Å². The van der Waals surface area contributed by atoms with Gasteiger partial charge >= 0.3 is 5.69 Å². The highest BCUT2D eigenvalue weighted by Gasteiger charge is 2.13. The van der Waals surface area contributed by atoms with Crippen molar-refractivity contribution >= 4 is 11.2 Å². The number of nitrogens with zero attached hydrogens (tertiary/aromatic N) is 1. The zero-order valence-corrected chi connectivity index (χ0v) is 10.4. The van der Waals surface area contributed by atoms with Crippen LogP contribution in [0.25, 0.3) is 22.6 Å². The first kappa shape index (κ1) is 11.2. The third-order valence-corrected chi connectivity index (χ3v) is 3.50. The molecule has 0 saturated carbocycles. The van der Waals surface area contributed by atoms with Gasteiger partial charge in [-0.05, 0) is 17.2 Å². The monoisotopic (exact) mass is 269 g/mol. The molecule has 1 aliphatic rings. The van der Waals surface area contributed by atoms with Gasteiger partial charge in [-0.25, -0.2) is 9.78 Å². The predicted molar refractivity (Wildman–Crippen MR) is 73.3 cm³/mol. The van der Waals surface area contributed by atoms with Crippen LogP contribution in [0.1, 0.15) is 11.1 Å². The third-order valence-electron chi connectivity index (χ3n) is 3.50. The van der Waals surface area contributed by atoms with Gasteiger partial charge in [0.2, 0.25) is 0 Å². The van der Waals surface area contributed by atoms with E-state index in [1.807, 2.05) is 18.2 Å². The van der Waals surface area contributed by atoms with Crippen molar-refractivity contribution < 1.29 is 0 Å². The number of fused-ring (bicyclic) bond motifs is 2. The fourth-order valence-corrected chi connectivity index (χ4v) is 2.51. The molecule has 3 heterocycles. The number of aromatic amines is 3. The summed E-state index contributed by atoms with van der Waals surface area (Å²) >= 11 is 0. The lowest BCUT2D eigenvalue weighted by atomic mass is 10.1. The molecule has 0 atom stereocenters. The summed E-state index contributed by atoms with van der Waals surface area (Å²) in [5.74, 6) is 0.571. The van der Waals surface area contributed by atoms with Crippen molar-refractivity contribution in [2.45, 2.75) is 13.1 Å². The maximum absolute atomic E-state index is 11.7. The van der Waals surface area contributed by atoms with Gasteiger partial charge in [0.05, 0.1) is 0 Å². The van der Waals surface area contributed by atoms with E-state index in [2.05, 4.69) is 25.3 Å². The van der Waals surface area contributed by atoms with Crippen LogP contribution in [0.3, 0.4) is 0 Å². The van der Waals surface area contributed by atoms with Crippen LogP contribution in [-0.4, -0.2) is 19.9 Å². The molecular weight excluding hydrogens is 258 g/mol. The minimum atomic E-state index is -0.557. The molecule has 7 nitrogen and oxygen atoms in total. The molecule has 0 bridgehead atoms. The zero-order valence-electron chi connectivity index (χ0n) is 10.4. The Balaban J connectivity index is 1.92. The van der Waals surface area contributed by atoms with Crippen LogP contribution in [0.2, 0.25) is 0 Å². The number of imidazole rings is 1. The van der Waals surface area contributed by atoms with Crippen molar-refractivity contribution in [3.8, 4) is 11.4 Å². The maximum atomic E-state index is 11.7. The van der Waals surface area contributed by atoms with Crippen molar-refractivity contribution in [1.82, 2.24) is 25.3 Å². The number of nitrogens with one attached hydrogen (secondary N) is 4. The number of hydrogen-bond acceptors (Lipinski definition) is 4. The summed E-state index contributed by atoms with van der Waals surface area (Å²) < 4.78 is 0. The Bertz CT molecular complexity index is 934. The molecule has 0 aliphatic carbocycles. The van der Waals surface area contributed by atoms with Gasteiger partial charge in [0.15, 0.2) is 5.65 Å². The molecule has 3 aromatic rings. The Morgan fingerprint density at radius 2 is 1.85 bits per heavy atom. The number of hydrogen-bond donors (Lipinski definition) is 4. The summed E-state index contributed by atoms with van der Waals surface area (Å²) in [7, 11) is 0. The van der Waals surface area contributed by atoms with Gasteiger partial charge in [-0.1, -0.05) is 12.1 Å². The van der Waals surface area contributed by atoms with Gasteiger partial charge in [-0.15, -0.1) is 0 Å². The van der Waals surface area contributed by atoms with Crippen LogP contribution in [0.15, 0.2) is 27.8 Å². The van der Waals surface area contributed by atoms with Gasteiger partial charge in [-0.3, -0.25) is 14.8 Å². The minimum Gasteiger partial charge on any atom is -0.332 e. The molecule has 7 heteroatoms. The summed E-state index contributed by atoms with van der Waals surface area (Å²) in [6.07, 6.45) is 0. The third kappa shape index (κ3) is 1.60. The van der Waals surface area contributed by atoms with Crippen LogP contribution in [-0.2, 0) is 13.1 Å². The quantitative estimate of drug-likeness (QED) is 0.506. The lowest BCUT2D eigenvalue weighted by Gasteiger charge is -2.00. The second-order valence-corrected chi connectivity index (χ2v) is 4.80. The number of rotatable bonds is 1. The molecule has 0 radical (unpaired) electrons. The molecule has 20 heavy (non-hydrogen) atoms. The summed E-state index contributed by atoms with van der Waals surface area (Å²) in [5.41, 5.74) is 2.92. The SMILES string of the molecule is O=c1[nH]c(=O)c2[nH]c(-c3ccc4c(c3)CNC4)nc2[nH]1. The predicted octanol–water partition coefficient (Wildman–Crippen LogP) is 0.210. The molecule has 0 spiro atoms. The van der Waals surface area contributed by atoms with Crippen LogP contribution in [0, 0.1) is 0 Å². The molecule has 0 amide bonds. The van der Waals surface area contributed by atoms with Crippen LogP contribution < -0.4 is 16.6 Å². The molecule has 1 aromatic carbocycles. The van der Waals surface area contributed by atoms with Crippen molar-refractivity contribution in [2.75, 3.05) is 0 Å². The average molecular weight is 269 g/mol. The summed E-state index contributed by atoms with van der Waals surface area (Å²) in [6, 6.07) is 6.04. The van der Waals surface area contributed by atoms with E-state index < -0.39 is 11.2 Å². The Labute approximate surface area is 112 Å². The second-order valence-electron chi connectivity index (χ2n) is 4.80. The minimum absolute atomic E-state index is 0.271. The van der Waals surface area contributed by atoms with Crippen LogP contribution >= 0.6 is 0 Å². The standard InChI is InChI=1S/C13H11N5O2/c19-12-9-11(17-13(20)18-12)16-10(15-9)6-1-2-7-4-14-5-8(7)3-6/h1-3,14H,4-5H2,(H3,15,16,17,18,19,20). The van der Waals surface area contributed by atoms with E-state index in [9.17, 15) is 9.59 Å². The molecule has 2 aromatic heterocycles. The van der Waals surface area contributed by atoms with Gasteiger partial charge in [0, 0.05) is 18.7 Å². The van der Waals surface area contributed by atoms with E-state index in [1.165, 1.54) is 11.1 Å². The number of aromatic nitrogens is 4. The lowest BCUT2D eigenvalue weighted by molar-refractivity contribution is 0.765. The molecule has 0 saturated heterocycles. The summed E-state index contributed by atoms with van der Waals surface area (Å²) in [5, 5.41) is 3.28. The van der Waals surface area contributed by atoms with Gasteiger partial charge < -0.3 is 10.3 Å². The highest BCUT2D eigenvalue weighted by Crippen LogP contribution is 2.23. The molecule has 4 rings (SSSR count). The highest BCUT2D eigenvalue weighted by atomic mass is 16.2. The van der Waals surface area contributed by atoms with Crippen molar-refractivity contribution in [3.05, 3.63) is 50.2 Å². The molecule has 4 N–H and O–H groups in total. The van der Waals surface area contributed by atoms with E-state index in [0.717, 1.165) is 18.7 Å². The van der Waals surface area contributed by atoms with Crippen molar-refractivity contribution in [1.29, 1.82) is 0 Å². The Hall–Kier alpha value is -2.67. The first-order valence-corrected chi connectivity index (χ1v) is 6.26. The first-order chi connectivity index (χ1) is 9.70. The number of H-pyrrole nitrogens is 3. The largest absolute Gasteiger partial charge is 0.332 e. The summed E-state index contributed by atoms with van der Waals surface area (Å²) in [4.78, 5) is 34.8. The Morgan fingerprint density at radius 1 is 1.00 bits per heavy atom. The molecule has 1 aliphatic heterocycles. The average Bonchev–Trinajstić information content (AvgIpc) is 3.03. The van der Waals surface area contributed by atoms with E-state index >= 15 is 0 Å². The second kappa shape index (κ2) is 3.91. The fourth-order valence-electron chi connectivity index (χ4n) is 2.51. The van der Waals surface area contributed by atoms with Crippen LogP contribution in [0.4, 0.5) is 0 Å². The van der Waals surface area contributed by atoms with Crippen molar-refractivity contribution in [3.63, 3.8) is 0 Å². The van der Waals surface area contributed by atoms with E-state index in [0.29, 0.717) is 5.82 Å². The Kier molecular flexibility index (Phi) is 2.19. The highest BCUT2D eigenvalue weighted by molar-refractivity contribution is 5.74. The van der Waals surface area contributed by atoms with E-state index in [-0.39, 0.29) is 11.2 Å². The zero-order chi connectivity index (χ0) is 13.7. The lowest BCUT2D eigenvalue weighted by Crippen LogP contribution is -2.21. The normalized spacial score (nSPS) is 13.8. The summed E-state index contributed by atoms with van der Waals surface area (Å²) in [6.45, 7) is 1.71. The van der Waals surface area contributed by atoms with Gasteiger partial charge in [0.25, 0.3) is 5.56 Å². The fraction of sp³-hybridized carbons (Fsp3) is 0.154. The molecular formula is C13H11N5O2. The molecule has 0 unspecified atom stereocenters. The van der Waals surface area contributed by atoms with Crippen molar-refractivity contribution in [2.24, 2.45) is 0 Å². The maximum Gasteiger partial charge on any atom is 0.327 e. The van der Waals surface area contributed by atoms with E-state index in [4.69, 9.17) is 0 Å². The first-order valence-electron chi connectivity index (χ1n) is 6.26. The topological polar surface area (TPSA) is 106 Å². The Morgan fingerprint density at radius 3 is 2.75 bits per heavy atom. The smallest absolute Gasteiger partial charge is 0.327 e. The molecule has 100 valence electrons. The molecule has 0 fully saturated rings. The van der Waals surface area contributed by atoms with Gasteiger partial charge in [0.1, 0.15) is 11.3 Å². The number of benzene rings is 1. The van der Waals surface area contributed by atoms with Crippen LogP contribution in [0.5, 0.6) is 0 Å². The van der Waals surface area contributed by atoms with E-state index in [1.54, 1.807) is 0 Å².